The fourth-order valence-electron chi connectivity index (χ4n) is 2.79. The van der Waals surface area contributed by atoms with Crippen molar-refractivity contribution in [3.63, 3.8) is 0 Å². The average molecular weight is 306 g/mol. The highest BCUT2D eigenvalue weighted by molar-refractivity contribution is 5.74. The van der Waals surface area contributed by atoms with E-state index in [0.717, 1.165) is 18.4 Å². The van der Waals surface area contributed by atoms with E-state index in [0.29, 0.717) is 0 Å². The molecule has 124 valence electrons. The lowest BCUT2D eigenvalue weighted by Crippen LogP contribution is -2.42. The van der Waals surface area contributed by atoms with Crippen LogP contribution in [0.2, 0.25) is 0 Å². The molecule has 0 aliphatic heterocycles. The van der Waals surface area contributed by atoms with Gasteiger partial charge in [0.05, 0.1) is 12.1 Å². The molecule has 3 N–H and O–H groups in total. The van der Waals surface area contributed by atoms with Gasteiger partial charge in [-0.05, 0) is 32.3 Å². The first-order valence-electron chi connectivity index (χ1n) is 8.17. The molecule has 0 aromatic heterocycles. The van der Waals surface area contributed by atoms with Crippen LogP contribution in [0.4, 0.5) is 4.79 Å². The number of benzene rings is 1. The molecule has 0 bridgehead atoms. The Balaban J connectivity index is 2.50. The fourth-order valence-corrected chi connectivity index (χ4v) is 2.79. The van der Waals surface area contributed by atoms with Crippen molar-refractivity contribution in [1.82, 2.24) is 10.6 Å². The predicted octanol–water partition coefficient (Wildman–Crippen LogP) is 3.46. The maximum Gasteiger partial charge on any atom is 0.315 e. The van der Waals surface area contributed by atoms with E-state index >= 15 is 0 Å². The van der Waals surface area contributed by atoms with E-state index in [-0.39, 0.29) is 24.5 Å². The normalized spacial score (nSPS) is 13.8. The third kappa shape index (κ3) is 5.68. The van der Waals surface area contributed by atoms with Crippen molar-refractivity contribution in [2.45, 2.75) is 59.6 Å². The summed E-state index contributed by atoms with van der Waals surface area (Å²) in [6.45, 7) is 10.5. The Labute approximate surface area is 134 Å². The van der Waals surface area contributed by atoms with Crippen LogP contribution in [0, 0.1) is 19.8 Å². The Morgan fingerprint density at radius 1 is 1.14 bits per heavy atom. The smallest absolute Gasteiger partial charge is 0.315 e. The van der Waals surface area contributed by atoms with Gasteiger partial charge in [0.2, 0.25) is 0 Å². The monoisotopic (exact) mass is 306 g/mol. The van der Waals surface area contributed by atoms with Gasteiger partial charge in [0.1, 0.15) is 0 Å². The van der Waals surface area contributed by atoms with Crippen LogP contribution in [0.3, 0.4) is 0 Å². The predicted molar refractivity (Wildman–Crippen MR) is 90.9 cm³/mol. The van der Waals surface area contributed by atoms with E-state index in [1.165, 1.54) is 11.1 Å². The van der Waals surface area contributed by atoms with Crippen LogP contribution < -0.4 is 10.6 Å². The molecule has 22 heavy (non-hydrogen) atoms. The summed E-state index contributed by atoms with van der Waals surface area (Å²) in [6.07, 6.45) is 1.34. The number of aliphatic hydroxyl groups is 1. The number of rotatable bonds is 7. The van der Waals surface area contributed by atoms with Crippen molar-refractivity contribution >= 4 is 6.03 Å². The Hall–Kier alpha value is -1.55. The zero-order valence-electron chi connectivity index (χ0n) is 14.4. The minimum Gasteiger partial charge on any atom is -0.391 e. The second-order valence-electron chi connectivity index (χ2n) is 6.14. The summed E-state index contributed by atoms with van der Waals surface area (Å²) in [4.78, 5) is 12.0. The summed E-state index contributed by atoms with van der Waals surface area (Å²) in [7, 11) is 0. The molecule has 0 saturated heterocycles. The van der Waals surface area contributed by atoms with E-state index in [1.54, 1.807) is 0 Å². The van der Waals surface area contributed by atoms with Gasteiger partial charge in [-0.2, -0.15) is 0 Å². The molecule has 2 unspecified atom stereocenters. The molecule has 0 aliphatic rings. The molecule has 4 heteroatoms. The summed E-state index contributed by atoms with van der Waals surface area (Å²) in [6, 6.07) is 5.97. The third-order valence-corrected chi connectivity index (χ3v) is 4.16. The maximum absolute atomic E-state index is 12.0. The summed E-state index contributed by atoms with van der Waals surface area (Å²) in [5.74, 6) is 0.233. The van der Waals surface area contributed by atoms with Crippen LogP contribution in [0.15, 0.2) is 18.2 Å². The van der Waals surface area contributed by atoms with Crippen LogP contribution in [-0.2, 0) is 0 Å². The molecule has 4 nitrogen and oxygen atoms in total. The van der Waals surface area contributed by atoms with E-state index in [2.05, 4.69) is 56.5 Å². The lowest BCUT2D eigenvalue weighted by molar-refractivity contribution is 0.103. The van der Waals surface area contributed by atoms with Gasteiger partial charge in [-0.3, -0.25) is 0 Å². The minimum absolute atomic E-state index is 0.0658. The van der Waals surface area contributed by atoms with Gasteiger partial charge in [-0.25, -0.2) is 4.79 Å². The number of carbonyl (C=O) groups is 1. The largest absolute Gasteiger partial charge is 0.391 e. The molecule has 1 aromatic carbocycles. The highest BCUT2D eigenvalue weighted by Gasteiger charge is 2.17. The van der Waals surface area contributed by atoms with Crippen molar-refractivity contribution in [2.24, 2.45) is 5.92 Å². The molecule has 1 aromatic rings. The summed E-state index contributed by atoms with van der Waals surface area (Å²) in [5, 5.41) is 15.7. The zero-order chi connectivity index (χ0) is 16.7. The Bertz CT molecular complexity index is 464. The molecule has 2 amide bonds. The molecule has 2 atom stereocenters. The lowest BCUT2D eigenvalue weighted by Gasteiger charge is -2.21. The van der Waals surface area contributed by atoms with Gasteiger partial charge in [0.25, 0.3) is 0 Å². The first kappa shape index (κ1) is 18.5. The zero-order valence-corrected chi connectivity index (χ0v) is 14.4. The van der Waals surface area contributed by atoms with Gasteiger partial charge in [-0.15, -0.1) is 0 Å². The Morgan fingerprint density at radius 3 is 2.18 bits per heavy atom. The van der Waals surface area contributed by atoms with Crippen molar-refractivity contribution in [1.29, 1.82) is 0 Å². The number of aryl methyl sites for hydroxylation is 2. The van der Waals surface area contributed by atoms with Crippen LogP contribution >= 0.6 is 0 Å². The van der Waals surface area contributed by atoms with E-state index < -0.39 is 6.10 Å². The first-order chi connectivity index (χ1) is 10.4. The molecule has 1 rings (SSSR count). The quantitative estimate of drug-likeness (QED) is 0.722. The van der Waals surface area contributed by atoms with Crippen LogP contribution in [0.5, 0.6) is 0 Å². The second-order valence-corrected chi connectivity index (χ2v) is 6.14. The van der Waals surface area contributed by atoms with Gasteiger partial charge >= 0.3 is 6.03 Å². The summed E-state index contributed by atoms with van der Waals surface area (Å²) in [5.41, 5.74) is 3.47. The van der Waals surface area contributed by atoms with E-state index in [1.807, 2.05) is 6.92 Å². The van der Waals surface area contributed by atoms with Crippen LogP contribution in [0.25, 0.3) is 0 Å². The highest BCUT2D eigenvalue weighted by Crippen LogP contribution is 2.16. The number of hydrogen-bond acceptors (Lipinski definition) is 2. The summed E-state index contributed by atoms with van der Waals surface area (Å²) < 4.78 is 0. The van der Waals surface area contributed by atoms with Crippen molar-refractivity contribution in [3.05, 3.63) is 34.9 Å². The van der Waals surface area contributed by atoms with Crippen molar-refractivity contribution in [3.8, 4) is 0 Å². The average Bonchev–Trinajstić information content (AvgIpc) is 2.45. The topological polar surface area (TPSA) is 61.4 Å². The van der Waals surface area contributed by atoms with Crippen LogP contribution in [-0.4, -0.2) is 23.8 Å². The molecular formula is C18H30N2O2. The molecule has 0 heterocycles. The van der Waals surface area contributed by atoms with Crippen molar-refractivity contribution < 1.29 is 9.90 Å². The molecular weight excluding hydrogens is 276 g/mol. The van der Waals surface area contributed by atoms with E-state index in [9.17, 15) is 9.90 Å². The number of carbonyl (C=O) groups excluding carboxylic acids is 1. The number of hydrogen-bond donors (Lipinski definition) is 3. The SMILES string of the molecule is CCC(CC)C(O)CNC(=O)NC(C)c1cc(C)cc(C)c1. The number of urea groups is 1. The van der Waals surface area contributed by atoms with Gasteiger partial charge in [0.15, 0.2) is 0 Å². The van der Waals surface area contributed by atoms with Gasteiger partial charge in [-0.1, -0.05) is 56.0 Å². The molecule has 0 fully saturated rings. The molecule has 0 saturated carbocycles. The number of amides is 2. The van der Waals surface area contributed by atoms with Gasteiger partial charge < -0.3 is 15.7 Å². The fraction of sp³-hybridized carbons (Fsp3) is 0.611. The molecule has 0 spiro atoms. The Morgan fingerprint density at radius 2 is 1.68 bits per heavy atom. The van der Waals surface area contributed by atoms with Crippen LogP contribution in [0.1, 0.15) is 56.3 Å². The number of nitrogens with one attached hydrogen (secondary N) is 2. The van der Waals surface area contributed by atoms with E-state index in [4.69, 9.17) is 0 Å². The van der Waals surface area contributed by atoms with Gasteiger partial charge in [0, 0.05) is 6.54 Å². The standard InChI is InChI=1S/C18H30N2O2/c1-6-15(7-2)17(21)11-19-18(22)20-14(5)16-9-12(3)8-13(4)10-16/h8-10,14-15,17,21H,6-7,11H2,1-5H3,(H2,19,20,22). The summed E-state index contributed by atoms with van der Waals surface area (Å²) >= 11 is 0. The second kappa shape index (κ2) is 8.79. The Kier molecular flexibility index (Phi) is 7.39. The third-order valence-electron chi connectivity index (χ3n) is 4.16. The highest BCUT2D eigenvalue weighted by atomic mass is 16.3. The lowest BCUT2D eigenvalue weighted by atomic mass is 9.97. The minimum atomic E-state index is -0.489. The number of aliphatic hydroxyl groups excluding tert-OH is 1. The molecule has 0 aliphatic carbocycles. The maximum atomic E-state index is 12.0. The van der Waals surface area contributed by atoms with Crippen molar-refractivity contribution in [2.75, 3.05) is 6.54 Å². The molecule has 0 radical (unpaired) electrons. The first-order valence-corrected chi connectivity index (χ1v) is 8.17.